The van der Waals surface area contributed by atoms with Gasteiger partial charge < -0.3 is 26.6 Å². The second-order valence-electron chi connectivity index (χ2n) is 8.19. The highest BCUT2D eigenvalue weighted by atomic mass is 32.2. The van der Waals surface area contributed by atoms with Gasteiger partial charge in [0.15, 0.2) is 5.13 Å². The number of aromatic nitrogens is 1. The van der Waals surface area contributed by atoms with Crippen molar-refractivity contribution in [3.8, 4) is 0 Å². The van der Waals surface area contributed by atoms with Gasteiger partial charge in [-0.25, -0.2) is 26.5 Å². The van der Waals surface area contributed by atoms with E-state index in [0.717, 1.165) is 23.5 Å². The lowest BCUT2D eigenvalue weighted by molar-refractivity contribution is 0.0946. The number of ketones is 1. The number of piperidine rings is 1. The van der Waals surface area contributed by atoms with Gasteiger partial charge in [0.1, 0.15) is 22.3 Å². The maximum atomic E-state index is 14.0. The predicted molar refractivity (Wildman–Crippen MR) is 129 cm³/mol. The number of sulfonamides is 1. The molecule has 3 rings (SSSR count). The lowest BCUT2D eigenvalue weighted by atomic mass is 10.1. The number of carbonyl (C=O) groups excluding carboxylic acids is 1. The van der Waals surface area contributed by atoms with Crippen LogP contribution in [0, 0.1) is 11.6 Å². The number of rotatable bonds is 12. The van der Waals surface area contributed by atoms with Crippen molar-refractivity contribution in [2.75, 3.05) is 49.6 Å². The first-order valence-corrected chi connectivity index (χ1v) is 13.5. The summed E-state index contributed by atoms with van der Waals surface area (Å²) in [6.07, 6.45) is 0.507. The summed E-state index contributed by atoms with van der Waals surface area (Å²) in [4.78, 5) is 16.7. The summed E-state index contributed by atoms with van der Waals surface area (Å²) < 4.78 is 54.6. The van der Waals surface area contributed by atoms with Crippen LogP contribution < -0.4 is 16.4 Å². The van der Waals surface area contributed by atoms with Gasteiger partial charge in [-0.15, -0.1) is 0 Å². The molecule has 1 aliphatic heterocycles. The molecule has 1 unspecified atom stereocenters. The molecule has 1 aliphatic rings. The largest absolute Gasteiger partial charge is 0.394 e. The highest BCUT2D eigenvalue weighted by Gasteiger charge is 2.29. The molecular weight excluding hydrogens is 504 g/mol. The van der Waals surface area contributed by atoms with E-state index in [1.807, 2.05) is 0 Å². The fourth-order valence-corrected chi connectivity index (χ4v) is 6.12. The molecule has 0 bridgehead atoms. The van der Waals surface area contributed by atoms with Crippen LogP contribution in [0.15, 0.2) is 18.2 Å². The number of benzene rings is 1. The highest BCUT2D eigenvalue weighted by molar-refractivity contribution is 7.89. The van der Waals surface area contributed by atoms with Crippen LogP contribution in [0.2, 0.25) is 0 Å². The summed E-state index contributed by atoms with van der Waals surface area (Å²) in [7, 11) is -3.43. The highest BCUT2D eigenvalue weighted by Crippen LogP contribution is 2.30. The molecule has 14 heteroatoms. The van der Waals surface area contributed by atoms with Crippen LogP contribution in [0.3, 0.4) is 0 Å². The fraction of sp³-hybridized carbons (Fsp3) is 0.524. The molecule has 6 N–H and O–H groups in total. The number of hydrogen-bond acceptors (Lipinski definition) is 10. The number of anilines is 2. The number of nitrogens with two attached hydrogens (primary N) is 1. The van der Waals surface area contributed by atoms with E-state index in [-0.39, 0.29) is 35.6 Å². The van der Waals surface area contributed by atoms with Crippen molar-refractivity contribution in [3.05, 3.63) is 40.3 Å². The van der Waals surface area contributed by atoms with Crippen molar-refractivity contribution < 1.29 is 32.2 Å². The molecule has 1 fully saturated rings. The fourth-order valence-electron chi connectivity index (χ4n) is 3.68. The van der Waals surface area contributed by atoms with Crippen molar-refractivity contribution >= 4 is 38.1 Å². The molecule has 35 heavy (non-hydrogen) atoms. The SMILES string of the molecule is Nc1nc(NC2CCN(S(=O)(=O)CCCNCC(O)CO)CC2)sc1C(=O)c1c(F)cccc1F. The Hall–Kier alpha value is -2.23. The van der Waals surface area contributed by atoms with Gasteiger partial charge in [-0.2, -0.15) is 0 Å². The minimum Gasteiger partial charge on any atom is -0.394 e. The molecule has 2 aromatic rings. The van der Waals surface area contributed by atoms with E-state index >= 15 is 0 Å². The average Bonchev–Trinajstić information content (AvgIpc) is 3.18. The molecule has 1 saturated heterocycles. The van der Waals surface area contributed by atoms with Gasteiger partial charge in [0, 0.05) is 25.7 Å². The summed E-state index contributed by atoms with van der Waals surface area (Å²) in [5, 5.41) is 24.4. The molecule has 1 aromatic carbocycles. The summed E-state index contributed by atoms with van der Waals surface area (Å²) in [6.45, 7) is 0.853. The van der Waals surface area contributed by atoms with Crippen molar-refractivity contribution in [2.45, 2.75) is 31.4 Å². The predicted octanol–water partition coefficient (Wildman–Crippen LogP) is 0.774. The first kappa shape index (κ1) is 27.4. The Labute approximate surface area is 206 Å². The van der Waals surface area contributed by atoms with Crippen LogP contribution in [0.1, 0.15) is 34.5 Å². The lowest BCUT2D eigenvalue weighted by Crippen LogP contribution is -2.43. The number of aliphatic hydroxyl groups excluding tert-OH is 2. The van der Waals surface area contributed by atoms with E-state index < -0.39 is 39.1 Å². The number of nitrogens with zero attached hydrogens (tertiary/aromatic N) is 2. The third-order valence-electron chi connectivity index (χ3n) is 5.57. The molecule has 0 aliphatic carbocycles. The lowest BCUT2D eigenvalue weighted by Gasteiger charge is -2.31. The normalized spacial score (nSPS) is 16.3. The average molecular weight is 534 g/mol. The Kier molecular flexibility index (Phi) is 9.49. The summed E-state index contributed by atoms with van der Waals surface area (Å²) in [5.74, 6) is -3.02. The monoisotopic (exact) mass is 533 g/mol. The Morgan fingerprint density at radius 1 is 1.29 bits per heavy atom. The Morgan fingerprint density at radius 2 is 1.94 bits per heavy atom. The van der Waals surface area contributed by atoms with Gasteiger partial charge in [-0.1, -0.05) is 17.4 Å². The van der Waals surface area contributed by atoms with Crippen molar-refractivity contribution in [1.29, 1.82) is 0 Å². The van der Waals surface area contributed by atoms with E-state index in [1.165, 1.54) is 10.4 Å². The zero-order valence-corrected chi connectivity index (χ0v) is 20.5. The molecule has 194 valence electrons. The van der Waals surface area contributed by atoms with Crippen LogP contribution in [0.5, 0.6) is 0 Å². The van der Waals surface area contributed by atoms with Crippen LogP contribution in [-0.4, -0.2) is 84.4 Å². The standard InChI is InChI=1S/C21H29F2N5O5S2/c22-15-3-1-4-16(23)17(15)18(31)19-20(24)27-21(34-19)26-13-5-8-28(9-6-13)35(32,33)10-2-7-25-11-14(30)12-29/h1,3-4,13-14,25,29-30H,2,5-12,24H2,(H,26,27). The molecule has 0 radical (unpaired) electrons. The third-order valence-corrected chi connectivity index (χ3v) is 8.53. The number of thiazole rings is 1. The number of halogens is 2. The summed E-state index contributed by atoms with van der Waals surface area (Å²) >= 11 is 0.897. The zero-order chi connectivity index (χ0) is 25.6. The van der Waals surface area contributed by atoms with E-state index in [2.05, 4.69) is 15.6 Å². The van der Waals surface area contributed by atoms with Gasteiger partial charge in [-0.05, 0) is 37.9 Å². The van der Waals surface area contributed by atoms with E-state index in [4.69, 9.17) is 10.8 Å². The van der Waals surface area contributed by atoms with Gasteiger partial charge in [0.05, 0.1) is 24.0 Å². The van der Waals surface area contributed by atoms with Crippen molar-refractivity contribution in [3.63, 3.8) is 0 Å². The number of carbonyl (C=O) groups is 1. The van der Waals surface area contributed by atoms with E-state index in [9.17, 15) is 27.1 Å². The first-order chi connectivity index (χ1) is 16.6. The van der Waals surface area contributed by atoms with Gasteiger partial charge in [-0.3, -0.25) is 4.79 Å². The molecule has 0 spiro atoms. The molecule has 0 saturated carbocycles. The number of nitrogens with one attached hydrogen (secondary N) is 2. The van der Waals surface area contributed by atoms with Crippen LogP contribution in [0.25, 0.3) is 0 Å². The van der Waals surface area contributed by atoms with Crippen molar-refractivity contribution in [2.24, 2.45) is 0 Å². The molecule has 0 amide bonds. The molecule has 2 heterocycles. The van der Waals surface area contributed by atoms with Gasteiger partial charge >= 0.3 is 0 Å². The second kappa shape index (κ2) is 12.1. The molecular formula is C21H29F2N5O5S2. The van der Waals surface area contributed by atoms with Crippen molar-refractivity contribution in [1.82, 2.24) is 14.6 Å². The van der Waals surface area contributed by atoms with E-state index in [1.54, 1.807) is 0 Å². The first-order valence-electron chi connectivity index (χ1n) is 11.1. The van der Waals surface area contributed by atoms with Crippen LogP contribution in [0.4, 0.5) is 19.7 Å². The van der Waals surface area contributed by atoms with Gasteiger partial charge in [0.25, 0.3) is 0 Å². The second-order valence-corrected chi connectivity index (χ2v) is 11.3. The van der Waals surface area contributed by atoms with Crippen LogP contribution in [-0.2, 0) is 10.0 Å². The molecule has 1 atom stereocenters. The van der Waals surface area contributed by atoms with E-state index in [0.29, 0.717) is 44.0 Å². The molecule has 1 aromatic heterocycles. The number of hydrogen-bond donors (Lipinski definition) is 5. The third kappa shape index (κ3) is 7.15. The minimum atomic E-state index is -3.43. The Balaban J connectivity index is 1.51. The minimum absolute atomic E-state index is 0.0333. The number of aliphatic hydroxyl groups is 2. The summed E-state index contributed by atoms with van der Waals surface area (Å²) in [5.41, 5.74) is 5.14. The van der Waals surface area contributed by atoms with Gasteiger partial charge in [0.2, 0.25) is 15.8 Å². The molecule has 10 nitrogen and oxygen atoms in total. The quantitative estimate of drug-likeness (QED) is 0.196. The topological polar surface area (TPSA) is 158 Å². The zero-order valence-electron chi connectivity index (χ0n) is 18.9. The maximum absolute atomic E-state index is 14.0. The number of nitrogen functional groups attached to an aromatic ring is 1. The Morgan fingerprint density at radius 3 is 2.57 bits per heavy atom. The van der Waals surface area contributed by atoms with Crippen LogP contribution >= 0.6 is 11.3 Å². The smallest absolute Gasteiger partial charge is 0.214 e. The maximum Gasteiger partial charge on any atom is 0.214 e. The summed E-state index contributed by atoms with van der Waals surface area (Å²) in [6, 6.07) is 3.04. The Bertz CT molecular complexity index is 1100.